The second-order valence-electron chi connectivity index (χ2n) is 7.81. The summed E-state index contributed by atoms with van der Waals surface area (Å²) >= 11 is 0. The van der Waals surface area contributed by atoms with Gasteiger partial charge in [0.1, 0.15) is 0 Å². The standard InChI is InChI=1S/C23H31N4O3P/c1-17(2)15-22(27-31(30)16-26-18(3)28)23(29)25-14-6-7-19-9-11-20(12-10-19)21-8-4-5-13-24-21/h4-5,8-13,17,22H,6-7,14-16H2,1-3H3,(H,25,29)(H,26,28)/t22-/m0/s1. The van der Waals surface area contributed by atoms with Gasteiger partial charge in [0.05, 0.1) is 5.69 Å². The van der Waals surface area contributed by atoms with Gasteiger partial charge in [-0.2, -0.15) is 0 Å². The maximum Gasteiger partial charge on any atom is 0.248 e. The molecule has 2 rings (SSSR count). The Labute approximate surface area is 185 Å². The third kappa shape index (κ3) is 9.37. The van der Waals surface area contributed by atoms with Gasteiger partial charge >= 0.3 is 0 Å². The molecule has 8 heteroatoms. The fourth-order valence-electron chi connectivity index (χ4n) is 3.03. The van der Waals surface area contributed by atoms with E-state index in [0.29, 0.717) is 13.0 Å². The zero-order chi connectivity index (χ0) is 22.6. The number of amides is 2. The number of hydrogen-bond acceptors (Lipinski definition) is 5. The first kappa shape index (κ1) is 24.6. The number of rotatable bonds is 11. The van der Waals surface area contributed by atoms with E-state index in [4.69, 9.17) is 0 Å². The fraction of sp³-hybridized carbons (Fsp3) is 0.435. The lowest BCUT2D eigenvalue weighted by Crippen LogP contribution is -2.35. The van der Waals surface area contributed by atoms with Gasteiger partial charge in [-0.3, -0.25) is 14.6 Å². The molecule has 0 aliphatic heterocycles. The van der Waals surface area contributed by atoms with Gasteiger partial charge in [-0.25, -0.2) is 0 Å². The van der Waals surface area contributed by atoms with E-state index in [-0.39, 0.29) is 24.0 Å². The summed E-state index contributed by atoms with van der Waals surface area (Å²) in [6.07, 6.45) is 3.89. The molecule has 0 spiro atoms. The second-order valence-corrected chi connectivity index (χ2v) is 9.06. The van der Waals surface area contributed by atoms with Crippen LogP contribution < -0.4 is 15.5 Å². The van der Waals surface area contributed by atoms with Crippen molar-refractivity contribution in [2.75, 3.05) is 12.8 Å². The molecule has 1 unspecified atom stereocenters. The highest BCUT2D eigenvalue weighted by molar-refractivity contribution is 7.39. The van der Waals surface area contributed by atoms with Crippen LogP contribution in [0.15, 0.2) is 53.4 Å². The molecule has 0 saturated heterocycles. The highest BCUT2D eigenvalue weighted by Gasteiger charge is 2.22. The van der Waals surface area contributed by atoms with Crippen LogP contribution >= 0.6 is 7.94 Å². The highest BCUT2D eigenvalue weighted by atomic mass is 31.1. The van der Waals surface area contributed by atoms with Gasteiger partial charge in [-0.05, 0) is 42.9 Å². The minimum absolute atomic E-state index is 0.0406. The van der Waals surface area contributed by atoms with Gasteiger partial charge < -0.3 is 15.5 Å². The van der Waals surface area contributed by atoms with Crippen molar-refractivity contribution in [2.45, 2.75) is 46.1 Å². The van der Waals surface area contributed by atoms with Crippen LogP contribution in [0.1, 0.15) is 39.2 Å². The quantitative estimate of drug-likeness (QED) is 0.411. The number of hydrogen-bond donors (Lipinski definition) is 2. The predicted molar refractivity (Wildman–Crippen MR) is 122 cm³/mol. The predicted octanol–water partition coefficient (Wildman–Crippen LogP) is 3.25. The molecule has 0 fully saturated rings. The van der Waals surface area contributed by atoms with Crippen molar-refractivity contribution >= 4 is 19.8 Å². The average Bonchev–Trinajstić information content (AvgIpc) is 2.75. The van der Waals surface area contributed by atoms with Gasteiger partial charge in [0.25, 0.3) is 0 Å². The maximum atomic E-state index is 12.5. The SMILES string of the molecule is CC(=O)NC[P+]([O-])=N[C@@H](CC(C)C)C(=O)NCCCc1ccc(-c2ccccn2)cc1. The summed E-state index contributed by atoms with van der Waals surface area (Å²) < 4.78 is 4.14. The minimum atomic E-state index is -2.02. The number of nitrogens with zero attached hydrogens (tertiary/aromatic N) is 2. The summed E-state index contributed by atoms with van der Waals surface area (Å²) in [4.78, 5) is 39.9. The molecular formula is C23H31N4O3P. The summed E-state index contributed by atoms with van der Waals surface area (Å²) in [7, 11) is -2.02. The molecule has 2 N–H and O–H groups in total. The molecule has 2 amide bonds. The monoisotopic (exact) mass is 442 g/mol. The van der Waals surface area contributed by atoms with E-state index >= 15 is 0 Å². The number of carbonyl (C=O) groups is 2. The van der Waals surface area contributed by atoms with E-state index in [0.717, 1.165) is 24.1 Å². The van der Waals surface area contributed by atoms with Gasteiger partial charge in [0, 0.05) is 25.2 Å². The van der Waals surface area contributed by atoms with Crippen LogP contribution in [0.2, 0.25) is 0 Å². The summed E-state index contributed by atoms with van der Waals surface area (Å²) in [5, 5.41) is 5.38. The zero-order valence-electron chi connectivity index (χ0n) is 18.4. The summed E-state index contributed by atoms with van der Waals surface area (Å²) in [6, 6.07) is 13.4. The molecule has 0 aliphatic carbocycles. The van der Waals surface area contributed by atoms with E-state index in [1.54, 1.807) is 6.20 Å². The number of aryl methyl sites for hydroxylation is 1. The maximum absolute atomic E-state index is 12.5. The Hall–Kier alpha value is -2.63. The van der Waals surface area contributed by atoms with Crippen LogP contribution in [0.3, 0.4) is 0 Å². The first-order valence-corrected chi connectivity index (χ1v) is 11.9. The van der Waals surface area contributed by atoms with Crippen LogP contribution in [-0.4, -0.2) is 35.7 Å². The normalized spacial score (nSPS) is 12.5. The molecule has 1 aromatic heterocycles. The Bertz CT molecular complexity index is 870. The molecule has 7 nitrogen and oxygen atoms in total. The summed E-state index contributed by atoms with van der Waals surface area (Å²) in [5.74, 6) is -0.247. The van der Waals surface area contributed by atoms with E-state index in [9.17, 15) is 14.5 Å². The van der Waals surface area contributed by atoms with Gasteiger partial charge in [0.2, 0.25) is 11.8 Å². The van der Waals surface area contributed by atoms with E-state index in [1.165, 1.54) is 12.5 Å². The molecule has 0 aliphatic rings. The lowest BCUT2D eigenvalue weighted by atomic mass is 10.0. The average molecular weight is 443 g/mol. The lowest BCUT2D eigenvalue weighted by Gasteiger charge is -2.14. The first-order valence-electron chi connectivity index (χ1n) is 10.5. The van der Waals surface area contributed by atoms with E-state index in [1.807, 2.05) is 32.0 Å². The highest BCUT2D eigenvalue weighted by Crippen LogP contribution is 2.20. The van der Waals surface area contributed by atoms with E-state index in [2.05, 4.69) is 44.6 Å². The van der Waals surface area contributed by atoms with Gasteiger partial charge in [-0.15, -0.1) is 0 Å². The van der Waals surface area contributed by atoms with Crippen LogP contribution in [-0.2, 0) is 16.0 Å². The van der Waals surface area contributed by atoms with Crippen LogP contribution in [0.4, 0.5) is 0 Å². The van der Waals surface area contributed by atoms with Crippen molar-refractivity contribution in [1.82, 2.24) is 15.6 Å². The number of aromatic nitrogens is 1. The summed E-state index contributed by atoms with van der Waals surface area (Å²) in [5.41, 5.74) is 3.21. The van der Waals surface area contributed by atoms with Gasteiger partial charge in [-0.1, -0.05) is 48.9 Å². The van der Waals surface area contributed by atoms with Crippen molar-refractivity contribution < 1.29 is 14.5 Å². The Balaban J connectivity index is 1.82. The van der Waals surface area contributed by atoms with E-state index < -0.39 is 14.0 Å². The van der Waals surface area contributed by atoms with Crippen LogP contribution in [0, 0.1) is 5.92 Å². The third-order valence-corrected chi connectivity index (χ3v) is 5.55. The second kappa shape index (κ2) is 12.9. The van der Waals surface area contributed by atoms with Crippen molar-refractivity contribution in [3.05, 3.63) is 54.2 Å². The van der Waals surface area contributed by atoms with Crippen molar-refractivity contribution in [3.63, 3.8) is 0 Å². The van der Waals surface area contributed by atoms with Gasteiger partial charge in [0.15, 0.2) is 20.3 Å². The van der Waals surface area contributed by atoms with Crippen molar-refractivity contribution in [2.24, 2.45) is 10.7 Å². The summed E-state index contributed by atoms with van der Waals surface area (Å²) in [6.45, 7) is 5.86. The molecule has 31 heavy (non-hydrogen) atoms. The Kier molecular flexibility index (Phi) is 10.3. The Morgan fingerprint density at radius 3 is 2.48 bits per heavy atom. The molecule has 0 bridgehead atoms. The minimum Gasteiger partial charge on any atom is -0.611 e. The zero-order valence-corrected chi connectivity index (χ0v) is 19.3. The Morgan fingerprint density at radius 2 is 1.87 bits per heavy atom. The molecule has 1 aromatic carbocycles. The lowest BCUT2D eigenvalue weighted by molar-refractivity contribution is -0.157. The largest absolute Gasteiger partial charge is 0.611 e. The first-order chi connectivity index (χ1) is 14.8. The number of carbonyl (C=O) groups excluding carboxylic acids is 2. The topological polar surface area (TPSA) is 107 Å². The molecule has 2 aromatic rings. The molecule has 166 valence electrons. The number of nitrogens with one attached hydrogen (secondary N) is 2. The van der Waals surface area contributed by atoms with Crippen molar-refractivity contribution in [1.29, 1.82) is 0 Å². The molecular weight excluding hydrogens is 411 g/mol. The third-order valence-electron chi connectivity index (χ3n) is 4.58. The van der Waals surface area contributed by atoms with Crippen LogP contribution in [0.25, 0.3) is 11.3 Å². The van der Waals surface area contributed by atoms with Crippen molar-refractivity contribution in [3.8, 4) is 11.3 Å². The molecule has 0 saturated carbocycles. The number of benzene rings is 1. The fourth-order valence-corrected chi connectivity index (χ4v) is 3.98. The molecule has 1 heterocycles. The smallest absolute Gasteiger partial charge is 0.248 e. The number of pyridine rings is 1. The molecule has 2 atom stereocenters. The Morgan fingerprint density at radius 1 is 1.13 bits per heavy atom. The van der Waals surface area contributed by atoms with Crippen LogP contribution in [0.5, 0.6) is 0 Å². The molecule has 0 radical (unpaired) electrons.